The molecule has 0 spiro atoms. The van der Waals surface area contributed by atoms with Crippen LogP contribution >= 0.6 is 23.2 Å². The molecule has 3 fully saturated rings. The van der Waals surface area contributed by atoms with Gasteiger partial charge in [0, 0.05) is 35.1 Å². The Morgan fingerprint density at radius 2 is 1.77 bits per heavy atom. The first-order valence-corrected chi connectivity index (χ1v) is 15.7. The number of nitrogens with zero attached hydrogens (tertiary/aromatic N) is 1. The number of nitrogens with one attached hydrogen (secondary N) is 1. The Balaban J connectivity index is 1.64. The van der Waals surface area contributed by atoms with Crippen LogP contribution in [0.4, 0.5) is 0 Å². The standard InChI is InChI=1S/C29H34Cl2N2O5S/c1-28(18-26(34)35)16-24(19-5-4-6-23(31)15-19)25(32-27(28)36)17-29(20-7-8-20,21-9-11-22(30)12-10-21)39(37,38)33-13-2-3-14-33/h4-6,9-12,15,20,24-25H,2-3,7-8,13-14,16-18H2,1H3,(H,32,36)(H,34,35)/t24-,25+,28+,29+/m1/s1. The summed E-state index contributed by atoms with van der Waals surface area (Å²) in [5.74, 6) is -1.85. The van der Waals surface area contributed by atoms with Gasteiger partial charge in [-0.1, -0.05) is 54.4 Å². The lowest BCUT2D eigenvalue weighted by Crippen LogP contribution is -2.58. The van der Waals surface area contributed by atoms with Crippen molar-refractivity contribution in [3.05, 3.63) is 69.7 Å². The van der Waals surface area contributed by atoms with Crippen molar-refractivity contribution in [2.45, 2.75) is 68.6 Å². The topological polar surface area (TPSA) is 104 Å². The third-order valence-electron chi connectivity index (χ3n) is 8.80. The number of piperidine rings is 1. The van der Waals surface area contributed by atoms with E-state index in [9.17, 15) is 23.1 Å². The van der Waals surface area contributed by atoms with Crippen LogP contribution < -0.4 is 5.32 Å². The van der Waals surface area contributed by atoms with Gasteiger partial charge in [0.15, 0.2) is 0 Å². The third-order valence-corrected chi connectivity index (χ3v) is 12.0. The first-order chi connectivity index (χ1) is 18.5. The smallest absolute Gasteiger partial charge is 0.304 e. The maximum atomic E-state index is 14.6. The Morgan fingerprint density at radius 3 is 2.36 bits per heavy atom. The molecule has 3 aliphatic rings. The largest absolute Gasteiger partial charge is 0.481 e. The van der Waals surface area contributed by atoms with E-state index in [2.05, 4.69) is 5.32 Å². The number of amides is 1. The van der Waals surface area contributed by atoms with Gasteiger partial charge in [0.25, 0.3) is 0 Å². The number of hydrogen-bond acceptors (Lipinski definition) is 4. The van der Waals surface area contributed by atoms with Gasteiger partial charge in [-0.25, -0.2) is 12.7 Å². The van der Waals surface area contributed by atoms with Crippen molar-refractivity contribution in [1.82, 2.24) is 9.62 Å². The van der Waals surface area contributed by atoms with Crippen LogP contribution in [0.5, 0.6) is 0 Å². The van der Waals surface area contributed by atoms with Crippen molar-refractivity contribution >= 4 is 45.1 Å². The number of aliphatic carboxylic acids is 1. The Kier molecular flexibility index (Phi) is 7.79. The molecule has 2 heterocycles. The fraction of sp³-hybridized carbons (Fsp3) is 0.517. The lowest BCUT2D eigenvalue weighted by molar-refractivity contribution is -0.147. The van der Waals surface area contributed by atoms with Crippen molar-refractivity contribution in [2.24, 2.45) is 11.3 Å². The summed E-state index contributed by atoms with van der Waals surface area (Å²) in [5.41, 5.74) is 0.383. The Bertz CT molecular complexity index is 1360. The van der Waals surface area contributed by atoms with Crippen molar-refractivity contribution in [3.8, 4) is 0 Å². The van der Waals surface area contributed by atoms with Gasteiger partial charge in [0.1, 0.15) is 4.75 Å². The molecular weight excluding hydrogens is 559 g/mol. The SMILES string of the molecule is C[C@@]1(CC(=O)O)C[C@H](c2cccc(Cl)c2)[C@H](C[C@@](c2ccc(Cl)cc2)(C2CC2)S(=O)(=O)N2CCCC2)NC1=O. The van der Waals surface area contributed by atoms with E-state index in [1.54, 1.807) is 29.4 Å². The molecule has 4 atom stereocenters. The predicted molar refractivity (Wildman–Crippen MR) is 151 cm³/mol. The van der Waals surface area contributed by atoms with Gasteiger partial charge < -0.3 is 10.4 Å². The monoisotopic (exact) mass is 592 g/mol. The molecule has 2 aromatic carbocycles. The van der Waals surface area contributed by atoms with E-state index in [0.29, 0.717) is 28.7 Å². The van der Waals surface area contributed by atoms with Gasteiger partial charge in [-0.3, -0.25) is 9.59 Å². The average Bonchev–Trinajstić information content (AvgIpc) is 3.57. The minimum atomic E-state index is -3.82. The molecule has 0 aromatic heterocycles. The van der Waals surface area contributed by atoms with Crippen LogP contribution in [0.1, 0.15) is 68.9 Å². The highest BCUT2D eigenvalue weighted by Gasteiger charge is 2.60. The number of benzene rings is 2. The molecule has 2 aliphatic heterocycles. The van der Waals surface area contributed by atoms with Gasteiger partial charge in [-0.05, 0) is 79.8 Å². The number of sulfonamides is 1. The van der Waals surface area contributed by atoms with Crippen LogP contribution in [0, 0.1) is 11.3 Å². The summed E-state index contributed by atoms with van der Waals surface area (Å²) < 4.78 is 29.6. The molecule has 210 valence electrons. The highest BCUT2D eigenvalue weighted by Crippen LogP contribution is 2.57. The molecule has 10 heteroatoms. The zero-order valence-corrected chi connectivity index (χ0v) is 24.2. The summed E-state index contributed by atoms with van der Waals surface area (Å²) in [6.45, 7) is 2.63. The second kappa shape index (κ2) is 10.7. The first kappa shape index (κ1) is 28.4. The molecule has 0 bridgehead atoms. The van der Waals surface area contributed by atoms with E-state index < -0.39 is 32.2 Å². The summed E-state index contributed by atoms with van der Waals surface area (Å²) in [7, 11) is -3.82. The lowest BCUT2D eigenvalue weighted by atomic mass is 9.67. The lowest BCUT2D eigenvalue weighted by Gasteiger charge is -2.46. The van der Waals surface area contributed by atoms with Crippen LogP contribution in [-0.4, -0.2) is 48.8 Å². The van der Waals surface area contributed by atoms with Crippen LogP contribution in [0.25, 0.3) is 0 Å². The van der Waals surface area contributed by atoms with Gasteiger partial charge in [-0.2, -0.15) is 0 Å². The highest BCUT2D eigenvalue weighted by atomic mass is 35.5. The summed E-state index contributed by atoms with van der Waals surface area (Å²) in [6, 6.07) is 13.9. The van der Waals surface area contributed by atoms with Crippen LogP contribution in [0.3, 0.4) is 0 Å². The minimum absolute atomic E-state index is 0.103. The molecular formula is C29H34Cl2N2O5S. The van der Waals surface area contributed by atoms with Crippen LogP contribution in [0.2, 0.25) is 10.0 Å². The number of carbonyl (C=O) groups is 2. The average molecular weight is 594 g/mol. The molecule has 2 N–H and O–H groups in total. The second-order valence-corrected chi connectivity index (χ2v) is 14.6. The van der Waals surface area contributed by atoms with E-state index >= 15 is 0 Å². The Morgan fingerprint density at radius 1 is 1.10 bits per heavy atom. The van der Waals surface area contributed by atoms with Gasteiger partial charge >= 0.3 is 5.97 Å². The maximum absolute atomic E-state index is 14.6. The molecule has 2 saturated heterocycles. The molecule has 0 radical (unpaired) electrons. The molecule has 0 unspecified atom stereocenters. The minimum Gasteiger partial charge on any atom is -0.481 e. The first-order valence-electron chi connectivity index (χ1n) is 13.5. The Hall–Kier alpha value is -2.13. The zero-order valence-electron chi connectivity index (χ0n) is 21.9. The van der Waals surface area contributed by atoms with Gasteiger partial charge in [0.2, 0.25) is 15.9 Å². The number of carboxylic acid groups (broad SMARTS) is 1. The highest BCUT2D eigenvalue weighted by molar-refractivity contribution is 7.90. The summed E-state index contributed by atoms with van der Waals surface area (Å²) in [5, 5.41) is 13.7. The third kappa shape index (κ3) is 5.33. The molecule has 1 aliphatic carbocycles. The number of hydrogen-bond donors (Lipinski definition) is 2. The van der Waals surface area contributed by atoms with Gasteiger partial charge in [-0.15, -0.1) is 0 Å². The summed E-state index contributed by atoms with van der Waals surface area (Å²) in [4.78, 5) is 25.2. The number of carbonyl (C=O) groups excluding carboxylic acids is 1. The van der Waals surface area contributed by atoms with Crippen molar-refractivity contribution < 1.29 is 23.1 Å². The number of halogens is 2. The van der Waals surface area contributed by atoms with E-state index in [0.717, 1.165) is 31.2 Å². The van der Waals surface area contributed by atoms with Crippen molar-refractivity contribution in [2.75, 3.05) is 13.1 Å². The van der Waals surface area contributed by atoms with Crippen LogP contribution in [-0.2, 0) is 24.4 Å². The second-order valence-electron chi connectivity index (χ2n) is 11.6. The zero-order chi connectivity index (χ0) is 28.0. The molecule has 7 nitrogen and oxygen atoms in total. The molecule has 2 aromatic rings. The van der Waals surface area contributed by atoms with E-state index in [-0.39, 0.29) is 37.0 Å². The summed E-state index contributed by atoms with van der Waals surface area (Å²) >= 11 is 12.6. The van der Waals surface area contributed by atoms with E-state index in [1.165, 1.54) is 0 Å². The molecule has 39 heavy (non-hydrogen) atoms. The number of rotatable bonds is 9. The quantitative estimate of drug-likeness (QED) is 0.396. The van der Waals surface area contributed by atoms with Crippen molar-refractivity contribution in [3.63, 3.8) is 0 Å². The number of carboxylic acids is 1. The van der Waals surface area contributed by atoms with Crippen LogP contribution in [0.15, 0.2) is 48.5 Å². The molecule has 1 amide bonds. The normalized spacial score (nSPS) is 27.6. The maximum Gasteiger partial charge on any atom is 0.304 e. The van der Waals surface area contributed by atoms with E-state index in [4.69, 9.17) is 23.2 Å². The predicted octanol–water partition coefficient (Wildman–Crippen LogP) is 5.57. The fourth-order valence-electron chi connectivity index (χ4n) is 6.68. The van der Waals surface area contributed by atoms with E-state index in [1.807, 2.05) is 30.3 Å². The van der Waals surface area contributed by atoms with Gasteiger partial charge in [0.05, 0.1) is 11.8 Å². The fourth-order valence-corrected chi connectivity index (χ4v) is 9.69. The summed E-state index contributed by atoms with van der Waals surface area (Å²) in [6.07, 6.45) is 3.30. The van der Waals surface area contributed by atoms with Crippen molar-refractivity contribution in [1.29, 1.82) is 0 Å². The molecule has 5 rings (SSSR count). The Labute approximate surface area is 239 Å². The molecule has 1 saturated carbocycles.